The average Bonchev–Trinajstić information content (AvgIpc) is 2.34. The van der Waals surface area contributed by atoms with E-state index in [-0.39, 0.29) is 16.2 Å². The second-order valence-electron chi connectivity index (χ2n) is 3.66. The molecule has 0 aromatic heterocycles. The number of benzene rings is 2. The zero-order valence-corrected chi connectivity index (χ0v) is 10.0. The molecule has 1 nitrogen and oxygen atoms in total. The molecule has 1 atom stereocenters. The Morgan fingerprint density at radius 2 is 1.67 bits per heavy atom. The Labute approximate surface area is 105 Å². The van der Waals surface area contributed by atoms with Crippen LogP contribution in [0.4, 0.5) is 13.2 Å². The summed E-state index contributed by atoms with van der Waals surface area (Å²) in [4.78, 5) is -0.0128. The molecule has 0 amide bonds. The maximum absolute atomic E-state index is 13.4. The normalized spacial score (nSPS) is 12.4. The van der Waals surface area contributed by atoms with E-state index in [4.69, 9.17) is 0 Å². The molecule has 0 saturated heterocycles. The van der Waals surface area contributed by atoms with Crippen LogP contribution >= 0.6 is 0 Å². The van der Waals surface area contributed by atoms with Gasteiger partial charge in [-0.3, -0.25) is 4.21 Å². The summed E-state index contributed by atoms with van der Waals surface area (Å²) < 4.78 is 51.5. The molecule has 0 aliphatic rings. The molecule has 0 aliphatic heterocycles. The Hall–Kier alpha value is -1.62. The van der Waals surface area contributed by atoms with Gasteiger partial charge < -0.3 is 0 Å². The zero-order chi connectivity index (χ0) is 13.1. The van der Waals surface area contributed by atoms with Gasteiger partial charge in [0.05, 0.1) is 21.4 Å². The first-order chi connectivity index (χ1) is 8.58. The fourth-order valence-corrected chi connectivity index (χ4v) is 2.68. The molecule has 0 heterocycles. The van der Waals surface area contributed by atoms with Gasteiger partial charge in [0.1, 0.15) is 17.5 Å². The molecule has 0 saturated carbocycles. The van der Waals surface area contributed by atoms with E-state index in [2.05, 4.69) is 0 Å². The first-order valence-electron chi connectivity index (χ1n) is 5.15. The van der Waals surface area contributed by atoms with Crippen molar-refractivity contribution in [2.75, 3.05) is 0 Å². The van der Waals surface area contributed by atoms with E-state index < -0.39 is 28.3 Å². The van der Waals surface area contributed by atoms with Crippen molar-refractivity contribution in [1.29, 1.82) is 0 Å². The van der Waals surface area contributed by atoms with Gasteiger partial charge in [-0.05, 0) is 30.3 Å². The van der Waals surface area contributed by atoms with Gasteiger partial charge in [-0.1, -0.05) is 12.1 Å². The van der Waals surface area contributed by atoms with Gasteiger partial charge >= 0.3 is 0 Å². The van der Waals surface area contributed by atoms with Crippen LogP contribution in [0.15, 0.2) is 47.4 Å². The summed E-state index contributed by atoms with van der Waals surface area (Å²) >= 11 is 0. The van der Waals surface area contributed by atoms with E-state index in [9.17, 15) is 17.4 Å². The van der Waals surface area contributed by atoms with Gasteiger partial charge in [-0.2, -0.15) is 0 Å². The van der Waals surface area contributed by atoms with Crippen LogP contribution in [0.2, 0.25) is 0 Å². The Morgan fingerprint density at radius 1 is 0.944 bits per heavy atom. The predicted molar refractivity (Wildman–Crippen MR) is 62.9 cm³/mol. The first-order valence-corrected chi connectivity index (χ1v) is 6.46. The van der Waals surface area contributed by atoms with Crippen LogP contribution in [0.3, 0.4) is 0 Å². The lowest BCUT2D eigenvalue weighted by Gasteiger charge is -2.05. The van der Waals surface area contributed by atoms with Crippen LogP contribution in [-0.2, 0) is 16.6 Å². The van der Waals surface area contributed by atoms with Gasteiger partial charge in [0.2, 0.25) is 0 Å². The third-order valence-corrected chi connectivity index (χ3v) is 3.77. The van der Waals surface area contributed by atoms with Crippen molar-refractivity contribution < 1.29 is 17.4 Å². The van der Waals surface area contributed by atoms with E-state index >= 15 is 0 Å². The minimum atomic E-state index is -1.75. The van der Waals surface area contributed by atoms with Crippen molar-refractivity contribution in [3.8, 4) is 0 Å². The Bertz CT molecular complexity index is 599. The van der Waals surface area contributed by atoms with Crippen LogP contribution in [0, 0.1) is 17.5 Å². The second-order valence-corrected chi connectivity index (χ2v) is 5.08. The fraction of sp³-hybridized carbons (Fsp3) is 0.0769. The fourth-order valence-electron chi connectivity index (χ4n) is 1.50. The number of hydrogen-bond acceptors (Lipinski definition) is 1. The molecule has 0 fully saturated rings. The van der Waals surface area contributed by atoms with Crippen LogP contribution in [0.5, 0.6) is 0 Å². The van der Waals surface area contributed by atoms with E-state index in [1.54, 1.807) is 0 Å². The van der Waals surface area contributed by atoms with E-state index in [1.807, 2.05) is 0 Å². The molecule has 0 N–H and O–H groups in total. The molecular formula is C13H9F3OS. The van der Waals surface area contributed by atoms with E-state index in [0.29, 0.717) is 0 Å². The molecule has 94 valence electrons. The van der Waals surface area contributed by atoms with Crippen molar-refractivity contribution in [2.24, 2.45) is 0 Å². The summed E-state index contributed by atoms with van der Waals surface area (Å²) in [6.07, 6.45) is 0. The molecule has 0 spiro atoms. The first kappa shape index (κ1) is 12.8. The molecule has 0 bridgehead atoms. The number of halogens is 3. The molecule has 0 aliphatic carbocycles. The Kier molecular flexibility index (Phi) is 3.81. The van der Waals surface area contributed by atoms with Gasteiger partial charge in [0.15, 0.2) is 0 Å². The summed E-state index contributed by atoms with van der Waals surface area (Å²) in [7, 11) is -1.75. The largest absolute Gasteiger partial charge is 0.254 e. The lowest BCUT2D eigenvalue weighted by atomic mass is 10.2. The topological polar surface area (TPSA) is 17.1 Å². The average molecular weight is 270 g/mol. The zero-order valence-electron chi connectivity index (χ0n) is 9.20. The highest BCUT2D eigenvalue weighted by molar-refractivity contribution is 7.84. The number of hydrogen-bond donors (Lipinski definition) is 0. The SMILES string of the molecule is O=S(Cc1cc(F)ccc1F)c1ccccc1F. The number of rotatable bonds is 3. The van der Waals surface area contributed by atoms with Crippen molar-refractivity contribution in [2.45, 2.75) is 10.6 Å². The molecule has 2 rings (SSSR count). The van der Waals surface area contributed by atoms with Crippen LogP contribution in [0.1, 0.15) is 5.56 Å². The lowest BCUT2D eigenvalue weighted by Crippen LogP contribution is -2.01. The van der Waals surface area contributed by atoms with Crippen molar-refractivity contribution in [3.63, 3.8) is 0 Å². The Morgan fingerprint density at radius 3 is 2.39 bits per heavy atom. The Balaban J connectivity index is 2.27. The molecule has 2 aromatic rings. The van der Waals surface area contributed by atoms with Gasteiger partial charge in [0.25, 0.3) is 0 Å². The highest BCUT2D eigenvalue weighted by Crippen LogP contribution is 2.18. The summed E-state index contributed by atoms with van der Waals surface area (Å²) in [6.45, 7) is 0. The van der Waals surface area contributed by atoms with Crippen molar-refractivity contribution in [3.05, 3.63) is 65.5 Å². The summed E-state index contributed by atoms with van der Waals surface area (Å²) in [5.41, 5.74) is -0.0309. The molecule has 0 radical (unpaired) electrons. The molecular weight excluding hydrogens is 261 g/mol. The highest BCUT2D eigenvalue weighted by Gasteiger charge is 2.13. The third kappa shape index (κ3) is 2.79. The summed E-state index contributed by atoms with van der Waals surface area (Å²) in [5, 5.41) is 0. The third-order valence-electron chi connectivity index (χ3n) is 2.38. The maximum Gasteiger partial charge on any atom is 0.139 e. The summed E-state index contributed by atoms with van der Waals surface area (Å²) in [5.74, 6) is -2.14. The second kappa shape index (κ2) is 5.35. The van der Waals surface area contributed by atoms with Crippen molar-refractivity contribution in [1.82, 2.24) is 0 Å². The molecule has 18 heavy (non-hydrogen) atoms. The van der Waals surface area contributed by atoms with Gasteiger partial charge in [-0.15, -0.1) is 0 Å². The maximum atomic E-state index is 13.4. The standard InChI is InChI=1S/C13H9F3OS/c14-10-5-6-11(15)9(7-10)8-18(17)13-4-2-1-3-12(13)16/h1-7H,8H2. The van der Waals surface area contributed by atoms with E-state index in [1.165, 1.54) is 24.3 Å². The van der Waals surface area contributed by atoms with Crippen LogP contribution in [-0.4, -0.2) is 4.21 Å². The quantitative estimate of drug-likeness (QED) is 0.835. The van der Waals surface area contributed by atoms with Crippen LogP contribution in [0.25, 0.3) is 0 Å². The van der Waals surface area contributed by atoms with Gasteiger partial charge in [-0.25, -0.2) is 13.2 Å². The lowest BCUT2D eigenvalue weighted by molar-refractivity contribution is 0.587. The minimum Gasteiger partial charge on any atom is -0.254 e. The molecule has 2 aromatic carbocycles. The van der Waals surface area contributed by atoms with E-state index in [0.717, 1.165) is 18.2 Å². The molecule has 1 unspecified atom stereocenters. The summed E-state index contributed by atoms with van der Waals surface area (Å²) in [6, 6.07) is 8.46. The van der Waals surface area contributed by atoms with Gasteiger partial charge in [0, 0.05) is 5.56 Å². The van der Waals surface area contributed by atoms with Crippen LogP contribution < -0.4 is 0 Å². The minimum absolute atomic E-state index is 0.0128. The highest BCUT2D eigenvalue weighted by atomic mass is 32.2. The van der Waals surface area contributed by atoms with Crippen molar-refractivity contribution >= 4 is 10.8 Å². The smallest absolute Gasteiger partial charge is 0.139 e. The molecule has 5 heteroatoms. The monoisotopic (exact) mass is 270 g/mol. The predicted octanol–water partition coefficient (Wildman–Crippen LogP) is 3.41.